The summed E-state index contributed by atoms with van der Waals surface area (Å²) >= 11 is 0. The summed E-state index contributed by atoms with van der Waals surface area (Å²) in [5.74, 6) is 0.712. The highest BCUT2D eigenvalue weighted by molar-refractivity contribution is 5.21. The van der Waals surface area contributed by atoms with E-state index in [0.29, 0.717) is 5.92 Å². The third-order valence-electron chi connectivity index (χ3n) is 3.60. The van der Waals surface area contributed by atoms with E-state index in [1.807, 2.05) is 11.7 Å². The van der Waals surface area contributed by atoms with Gasteiger partial charge in [0.05, 0.1) is 5.69 Å². The quantitative estimate of drug-likeness (QED) is 0.868. The lowest BCUT2D eigenvalue weighted by atomic mass is 9.90. The molecule has 1 aromatic heterocycles. The lowest BCUT2D eigenvalue weighted by molar-refractivity contribution is 0.0618. The summed E-state index contributed by atoms with van der Waals surface area (Å²) in [5, 5.41) is 4.46. The van der Waals surface area contributed by atoms with Crippen LogP contribution >= 0.6 is 0 Å². The molecule has 4 heteroatoms. The van der Waals surface area contributed by atoms with Crippen LogP contribution in [0.25, 0.3) is 0 Å². The van der Waals surface area contributed by atoms with E-state index < -0.39 is 0 Å². The first-order chi connectivity index (χ1) is 8.20. The molecule has 17 heavy (non-hydrogen) atoms. The Morgan fingerprint density at radius 1 is 1.53 bits per heavy atom. The molecule has 0 radical (unpaired) electrons. The first kappa shape index (κ1) is 12.6. The zero-order chi connectivity index (χ0) is 12.3. The molecule has 1 atom stereocenters. The van der Waals surface area contributed by atoms with Crippen molar-refractivity contribution in [3.8, 4) is 0 Å². The van der Waals surface area contributed by atoms with Crippen LogP contribution < -0.4 is 5.73 Å². The summed E-state index contributed by atoms with van der Waals surface area (Å²) in [6.45, 7) is 3.92. The number of aromatic nitrogens is 2. The van der Waals surface area contributed by atoms with E-state index in [9.17, 15) is 0 Å². The van der Waals surface area contributed by atoms with Gasteiger partial charge < -0.3 is 10.5 Å². The van der Waals surface area contributed by atoms with Crippen molar-refractivity contribution in [1.82, 2.24) is 9.78 Å². The van der Waals surface area contributed by atoms with E-state index in [4.69, 9.17) is 10.5 Å². The SMILES string of the molecule is CCc1nn(C)cc1C(N)CC1CCOCC1. The van der Waals surface area contributed by atoms with Gasteiger partial charge in [-0.05, 0) is 31.6 Å². The van der Waals surface area contributed by atoms with Gasteiger partial charge in [-0.1, -0.05) is 6.92 Å². The van der Waals surface area contributed by atoms with Crippen LogP contribution in [-0.2, 0) is 18.2 Å². The van der Waals surface area contributed by atoms with E-state index in [1.165, 1.54) is 5.56 Å². The Labute approximate surface area is 103 Å². The number of nitrogens with zero attached hydrogens (tertiary/aromatic N) is 2. The number of rotatable bonds is 4. The minimum absolute atomic E-state index is 0.127. The van der Waals surface area contributed by atoms with Crippen LogP contribution in [0.3, 0.4) is 0 Å². The standard InChI is InChI=1S/C13H23N3O/c1-3-13-11(9-16(2)15-13)12(14)8-10-4-6-17-7-5-10/h9-10,12H,3-8,14H2,1-2H3. The number of nitrogens with two attached hydrogens (primary N) is 1. The van der Waals surface area contributed by atoms with Gasteiger partial charge in [-0.3, -0.25) is 4.68 Å². The molecule has 1 aliphatic heterocycles. The monoisotopic (exact) mass is 237 g/mol. The van der Waals surface area contributed by atoms with Gasteiger partial charge in [0.25, 0.3) is 0 Å². The molecule has 0 amide bonds. The average Bonchev–Trinajstić information content (AvgIpc) is 2.72. The number of hydrogen-bond donors (Lipinski definition) is 1. The fourth-order valence-electron chi connectivity index (χ4n) is 2.61. The van der Waals surface area contributed by atoms with Crippen molar-refractivity contribution in [3.63, 3.8) is 0 Å². The van der Waals surface area contributed by atoms with Crippen molar-refractivity contribution in [2.75, 3.05) is 13.2 Å². The molecule has 0 saturated carbocycles. The maximum Gasteiger partial charge on any atom is 0.0669 e. The van der Waals surface area contributed by atoms with Crippen LogP contribution in [-0.4, -0.2) is 23.0 Å². The first-order valence-electron chi connectivity index (χ1n) is 6.56. The molecule has 1 saturated heterocycles. The minimum Gasteiger partial charge on any atom is -0.381 e. The molecule has 0 spiro atoms. The van der Waals surface area contributed by atoms with Gasteiger partial charge in [-0.25, -0.2) is 0 Å². The summed E-state index contributed by atoms with van der Waals surface area (Å²) in [6.07, 6.45) is 6.38. The zero-order valence-electron chi connectivity index (χ0n) is 10.9. The first-order valence-corrected chi connectivity index (χ1v) is 6.56. The average molecular weight is 237 g/mol. The van der Waals surface area contributed by atoms with Gasteiger partial charge >= 0.3 is 0 Å². The highest BCUT2D eigenvalue weighted by Crippen LogP contribution is 2.27. The molecule has 0 bridgehead atoms. The predicted octanol–water partition coefficient (Wildman–Crippen LogP) is 1.80. The minimum atomic E-state index is 0.127. The second-order valence-corrected chi connectivity index (χ2v) is 4.96. The third-order valence-corrected chi connectivity index (χ3v) is 3.60. The van der Waals surface area contributed by atoms with Crippen molar-refractivity contribution >= 4 is 0 Å². The summed E-state index contributed by atoms with van der Waals surface area (Å²) < 4.78 is 7.25. The number of hydrogen-bond acceptors (Lipinski definition) is 3. The summed E-state index contributed by atoms with van der Waals surface area (Å²) in [4.78, 5) is 0. The Morgan fingerprint density at radius 3 is 2.88 bits per heavy atom. The van der Waals surface area contributed by atoms with Crippen LogP contribution in [0.5, 0.6) is 0 Å². The van der Waals surface area contributed by atoms with Gasteiger partial charge in [0.1, 0.15) is 0 Å². The Hall–Kier alpha value is -0.870. The van der Waals surface area contributed by atoms with Crippen LogP contribution in [0.15, 0.2) is 6.20 Å². The van der Waals surface area contributed by atoms with Gasteiger partial charge in [-0.15, -0.1) is 0 Å². The van der Waals surface area contributed by atoms with Crippen molar-refractivity contribution in [2.24, 2.45) is 18.7 Å². The second-order valence-electron chi connectivity index (χ2n) is 4.96. The molecule has 4 nitrogen and oxygen atoms in total. The van der Waals surface area contributed by atoms with E-state index in [2.05, 4.69) is 18.2 Å². The van der Waals surface area contributed by atoms with Crippen molar-refractivity contribution in [3.05, 3.63) is 17.5 Å². The van der Waals surface area contributed by atoms with Crippen molar-refractivity contribution < 1.29 is 4.74 Å². The van der Waals surface area contributed by atoms with Crippen molar-refractivity contribution in [1.29, 1.82) is 0 Å². The normalized spacial score (nSPS) is 19.5. The molecule has 96 valence electrons. The van der Waals surface area contributed by atoms with Crippen LogP contribution in [0.4, 0.5) is 0 Å². The molecule has 2 N–H and O–H groups in total. The predicted molar refractivity (Wildman–Crippen MR) is 67.7 cm³/mol. The Bertz CT molecular complexity index is 356. The second kappa shape index (κ2) is 5.65. The molecular formula is C13H23N3O. The third kappa shape index (κ3) is 3.07. The van der Waals surface area contributed by atoms with Crippen LogP contribution in [0.2, 0.25) is 0 Å². The van der Waals surface area contributed by atoms with Crippen LogP contribution in [0.1, 0.15) is 43.5 Å². The highest BCUT2D eigenvalue weighted by Gasteiger charge is 2.20. The Balaban J connectivity index is 2.00. The summed E-state index contributed by atoms with van der Waals surface area (Å²) in [7, 11) is 1.96. The Morgan fingerprint density at radius 2 is 2.24 bits per heavy atom. The number of ether oxygens (including phenoxy) is 1. The smallest absolute Gasteiger partial charge is 0.0669 e. The van der Waals surface area contributed by atoms with Crippen molar-refractivity contribution in [2.45, 2.75) is 38.6 Å². The molecule has 2 heterocycles. The molecule has 1 aromatic rings. The zero-order valence-corrected chi connectivity index (χ0v) is 10.9. The molecule has 0 aliphatic carbocycles. The topological polar surface area (TPSA) is 53.1 Å². The maximum absolute atomic E-state index is 6.32. The summed E-state index contributed by atoms with van der Waals surface area (Å²) in [6, 6.07) is 0.127. The molecular weight excluding hydrogens is 214 g/mol. The largest absolute Gasteiger partial charge is 0.381 e. The molecule has 0 aromatic carbocycles. The van der Waals surface area contributed by atoms with E-state index in [1.54, 1.807) is 0 Å². The highest BCUT2D eigenvalue weighted by atomic mass is 16.5. The van der Waals surface area contributed by atoms with E-state index in [0.717, 1.165) is 44.6 Å². The van der Waals surface area contributed by atoms with Gasteiger partial charge in [0.2, 0.25) is 0 Å². The molecule has 1 unspecified atom stereocenters. The van der Waals surface area contributed by atoms with Gasteiger partial charge in [0.15, 0.2) is 0 Å². The fourth-order valence-corrected chi connectivity index (χ4v) is 2.61. The van der Waals surface area contributed by atoms with Crippen LogP contribution in [0, 0.1) is 5.92 Å². The lowest BCUT2D eigenvalue weighted by Crippen LogP contribution is -2.21. The van der Waals surface area contributed by atoms with E-state index >= 15 is 0 Å². The number of aryl methyl sites for hydroxylation is 2. The Kier molecular flexibility index (Phi) is 4.18. The summed E-state index contributed by atoms with van der Waals surface area (Å²) in [5.41, 5.74) is 8.69. The molecule has 1 aliphatic rings. The van der Waals surface area contributed by atoms with Gasteiger partial charge in [-0.2, -0.15) is 5.10 Å². The molecule has 2 rings (SSSR count). The van der Waals surface area contributed by atoms with Gasteiger partial charge in [0, 0.05) is 38.1 Å². The van der Waals surface area contributed by atoms with E-state index in [-0.39, 0.29) is 6.04 Å². The fraction of sp³-hybridized carbons (Fsp3) is 0.769. The maximum atomic E-state index is 6.32. The lowest BCUT2D eigenvalue weighted by Gasteiger charge is -2.24. The molecule has 1 fully saturated rings.